The van der Waals surface area contributed by atoms with Gasteiger partial charge in [-0.05, 0) is 17.7 Å². The Morgan fingerprint density at radius 3 is 2.74 bits per heavy atom. The highest BCUT2D eigenvalue weighted by molar-refractivity contribution is 6.32. The molecule has 1 heterocycles. The zero-order valence-electron chi connectivity index (χ0n) is 9.62. The number of hydrogen-bond donors (Lipinski definition) is 3. The van der Waals surface area contributed by atoms with Crippen molar-refractivity contribution in [1.82, 2.24) is 9.97 Å². The summed E-state index contributed by atoms with van der Waals surface area (Å²) in [6, 6.07) is 4.44. The molecule has 0 spiro atoms. The van der Waals surface area contributed by atoms with Crippen LogP contribution in [0, 0.1) is 5.82 Å². The van der Waals surface area contributed by atoms with Crippen molar-refractivity contribution in [2.75, 3.05) is 10.7 Å². The van der Waals surface area contributed by atoms with Crippen LogP contribution in [0.4, 0.5) is 16.2 Å². The van der Waals surface area contributed by atoms with E-state index >= 15 is 0 Å². The quantitative estimate of drug-likeness (QED) is 0.598. The minimum atomic E-state index is -0.458. The molecule has 0 atom stereocenters. The number of benzene rings is 1. The molecule has 0 aliphatic carbocycles. The van der Waals surface area contributed by atoms with Gasteiger partial charge in [0, 0.05) is 6.54 Å². The van der Waals surface area contributed by atoms with E-state index in [-0.39, 0.29) is 11.0 Å². The van der Waals surface area contributed by atoms with E-state index in [1.54, 1.807) is 6.07 Å². The van der Waals surface area contributed by atoms with Crippen molar-refractivity contribution in [2.24, 2.45) is 5.84 Å². The van der Waals surface area contributed by atoms with Crippen molar-refractivity contribution in [3.63, 3.8) is 0 Å². The van der Waals surface area contributed by atoms with Gasteiger partial charge in [0.15, 0.2) is 5.82 Å². The number of nitrogens with one attached hydrogen (secondary N) is 2. The van der Waals surface area contributed by atoms with Gasteiger partial charge in [-0.25, -0.2) is 15.2 Å². The molecule has 8 heteroatoms. The number of nitrogens with zero attached hydrogens (tertiary/aromatic N) is 2. The van der Waals surface area contributed by atoms with Crippen LogP contribution >= 0.6 is 23.2 Å². The predicted octanol–water partition coefficient (Wildman–Crippen LogP) is 2.82. The molecule has 0 saturated heterocycles. The van der Waals surface area contributed by atoms with E-state index in [1.165, 1.54) is 18.3 Å². The topological polar surface area (TPSA) is 75.9 Å². The summed E-state index contributed by atoms with van der Waals surface area (Å²) >= 11 is 11.6. The molecule has 1 aromatic carbocycles. The third-order valence-electron chi connectivity index (χ3n) is 2.32. The second-order valence-corrected chi connectivity index (χ2v) is 4.45. The van der Waals surface area contributed by atoms with Crippen molar-refractivity contribution >= 4 is 35.0 Å². The van der Waals surface area contributed by atoms with Gasteiger partial charge in [0.05, 0.1) is 11.2 Å². The first kappa shape index (κ1) is 13.8. The summed E-state index contributed by atoms with van der Waals surface area (Å²) in [5, 5.41) is 3.41. The third kappa shape index (κ3) is 3.44. The van der Waals surface area contributed by atoms with Crippen molar-refractivity contribution in [3.8, 4) is 0 Å². The molecule has 0 bridgehead atoms. The number of hydrogen-bond acceptors (Lipinski definition) is 5. The Labute approximate surface area is 118 Å². The fraction of sp³-hybridized carbons (Fsp3) is 0.0909. The Morgan fingerprint density at radius 1 is 1.26 bits per heavy atom. The SMILES string of the molecule is NNc1ncc(Cl)c(NCc2ccc(F)c(Cl)c2)n1. The van der Waals surface area contributed by atoms with Crippen molar-refractivity contribution < 1.29 is 4.39 Å². The van der Waals surface area contributed by atoms with E-state index in [9.17, 15) is 4.39 Å². The number of aromatic nitrogens is 2. The van der Waals surface area contributed by atoms with E-state index in [2.05, 4.69) is 20.7 Å². The zero-order chi connectivity index (χ0) is 13.8. The molecule has 0 fully saturated rings. The molecule has 2 rings (SSSR count). The largest absolute Gasteiger partial charge is 0.365 e. The van der Waals surface area contributed by atoms with Crippen LogP contribution in [0.3, 0.4) is 0 Å². The minimum absolute atomic E-state index is 0.0670. The lowest BCUT2D eigenvalue weighted by Gasteiger charge is -2.09. The van der Waals surface area contributed by atoms with Crippen LogP contribution in [0.25, 0.3) is 0 Å². The first-order valence-corrected chi connectivity index (χ1v) is 6.02. The predicted molar refractivity (Wildman–Crippen MR) is 73.6 cm³/mol. The highest BCUT2D eigenvalue weighted by Gasteiger charge is 2.06. The van der Waals surface area contributed by atoms with Gasteiger partial charge in [-0.15, -0.1) is 0 Å². The summed E-state index contributed by atoms with van der Waals surface area (Å²) in [6.45, 7) is 0.390. The summed E-state index contributed by atoms with van der Waals surface area (Å²) in [5.41, 5.74) is 3.11. The Balaban J connectivity index is 2.11. The summed E-state index contributed by atoms with van der Waals surface area (Å²) < 4.78 is 13.0. The molecule has 0 radical (unpaired) electrons. The van der Waals surface area contributed by atoms with Crippen LogP contribution in [0.1, 0.15) is 5.56 Å². The number of rotatable bonds is 4. The monoisotopic (exact) mass is 301 g/mol. The Hall–Kier alpha value is -1.63. The maximum absolute atomic E-state index is 13.0. The molecule has 19 heavy (non-hydrogen) atoms. The van der Waals surface area contributed by atoms with Crippen LogP contribution in [0.15, 0.2) is 24.4 Å². The van der Waals surface area contributed by atoms with Crippen LogP contribution in [-0.2, 0) is 6.54 Å². The van der Waals surface area contributed by atoms with Gasteiger partial charge in [-0.1, -0.05) is 29.3 Å². The Bertz CT molecular complexity index is 593. The third-order valence-corrected chi connectivity index (χ3v) is 2.88. The molecule has 2 aromatic rings. The van der Waals surface area contributed by atoms with Gasteiger partial charge in [0.1, 0.15) is 10.8 Å². The molecule has 0 unspecified atom stereocenters. The maximum Gasteiger partial charge on any atom is 0.239 e. The number of anilines is 2. The highest BCUT2D eigenvalue weighted by atomic mass is 35.5. The van der Waals surface area contributed by atoms with Gasteiger partial charge in [0.2, 0.25) is 5.95 Å². The minimum Gasteiger partial charge on any atom is -0.365 e. The molecule has 0 amide bonds. The van der Waals surface area contributed by atoms with Crippen LogP contribution in [-0.4, -0.2) is 9.97 Å². The fourth-order valence-corrected chi connectivity index (χ4v) is 1.76. The van der Waals surface area contributed by atoms with Crippen molar-refractivity contribution in [2.45, 2.75) is 6.54 Å². The highest BCUT2D eigenvalue weighted by Crippen LogP contribution is 2.21. The summed E-state index contributed by atoms with van der Waals surface area (Å²) in [5.74, 6) is 5.41. The molecule has 100 valence electrons. The van der Waals surface area contributed by atoms with Crippen LogP contribution in [0.5, 0.6) is 0 Å². The van der Waals surface area contributed by atoms with Gasteiger partial charge < -0.3 is 5.32 Å². The van der Waals surface area contributed by atoms with E-state index in [1.807, 2.05) is 0 Å². The average molecular weight is 302 g/mol. The van der Waals surface area contributed by atoms with Gasteiger partial charge in [-0.3, -0.25) is 5.43 Å². The van der Waals surface area contributed by atoms with Gasteiger partial charge in [0.25, 0.3) is 0 Å². The number of hydrazine groups is 1. The van der Waals surface area contributed by atoms with Crippen molar-refractivity contribution in [1.29, 1.82) is 0 Å². The Morgan fingerprint density at radius 2 is 2.05 bits per heavy atom. The summed E-state index contributed by atoms with van der Waals surface area (Å²) in [7, 11) is 0. The summed E-state index contributed by atoms with van der Waals surface area (Å²) in [6.07, 6.45) is 1.42. The van der Waals surface area contributed by atoms with Crippen molar-refractivity contribution in [3.05, 3.63) is 45.8 Å². The standard InChI is InChI=1S/C11H10Cl2FN5/c12-7-3-6(1-2-9(7)14)4-16-10-8(13)5-17-11(18-10)19-15/h1-3,5H,4,15H2,(H2,16,17,18,19). The number of nitrogen functional groups attached to an aromatic ring is 1. The lowest BCUT2D eigenvalue weighted by molar-refractivity contribution is 0.627. The molecular formula is C11H10Cl2FN5. The lowest BCUT2D eigenvalue weighted by atomic mass is 10.2. The van der Waals surface area contributed by atoms with E-state index in [0.29, 0.717) is 17.4 Å². The molecule has 1 aromatic heterocycles. The first-order chi connectivity index (χ1) is 9.10. The van der Waals surface area contributed by atoms with Crippen LogP contribution in [0.2, 0.25) is 10.0 Å². The molecule has 0 saturated carbocycles. The maximum atomic E-state index is 13.0. The molecule has 5 nitrogen and oxygen atoms in total. The number of halogens is 3. The smallest absolute Gasteiger partial charge is 0.239 e. The second-order valence-electron chi connectivity index (χ2n) is 3.64. The summed E-state index contributed by atoms with van der Waals surface area (Å²) in [4.78, 5) is 7.90. The van der Waals surface area contributed by atoms with Crippen LogP contribution < -0.4 is 16.6 Å². The average Bonchev–Trinajstić information content (AvgIpc) is 2.41. The molecule has 0 aliphatic heterocycles. The zero-order valence-corrected chi connectivity index (χ0v) is 11.1. The molecule has 0 aliphatic rings. The van der Waals surface area contributed by atoms with Gasteiger partial charge in [-0.2, -0.15) is 4.98 Å². The fourth-order valence-electron chi connectivity index (χ4n) is 1.40. The van der Waals surface area contributed by atoms with E-state index < -0.39 is 5.82 Å². The second kappa shape index (κ2) is 6.01. The van der Waals surface area contributed by atoms with E-state index in [0.717, 1.165) is 5.56 Å². The molecule has 4 N–H and O–H groups in total. The van der Waals surface area contributed by atoms with E-state index in [4.69, 9.17) is 29.0 Å². The number of nitrogens with two attached hydrogens (primary N) is 1. The Kier molecular flexibility index (Phi) is 4.36. The normalized spacial score (nSPS) is 10.3. The first-order valence-electron chi connectivity index (χ1n) is 5.27. The lowest BCUT2D eigenvalue weighted by Crippen LogP contribution is -2.12. The molecular weight excluding hydrogens is 292 g/mol. The van der Waals surface area contributed by atoms with Gasteiger partial charge >= 0.3 is 0 Å².